The van der Waals surface area contributed by atoms with Crippen molar-refractivity contribution >= 4 is 11.6 Å². The highest BCUT2D eigenvalue weighted by atomic mass is 19.1. The highest BCUT2D eigenvalue weighted by Crippen LogP contribution is 2.22. The first-order chi connectivity index (χ1) is 9.63. The van der Waals surface area contributed by atoms with Crippen molar-refractivity contribution in [3.05, 3.63) is 30.1 Å². The van der Waals surface area contributed by atoms with E-state index in [9.17, 15) is 9.18 Å². The molecule has 0 aliphatic carbocycles. The van der Waals surface area contributed by atoms with Crippen LogP contribution in [0.25, 0.3) is 0 Å². The van der Waals surface area contributed by atoms with Crippen LogP contribution in [0.3, 0.4) is 0 Å². The summed E-state index contributed by atoms with van der Waals surface area (Å²) >= 11 is 0. The smallest absolute Gasteiger partial charge is 0.250 e. The third-order valence-electron chi connectivity index (χ3n) is 3.30. The summed E-state index contributed by atoms with van der Waals surface area (Å²) in [5, 5.41) is 2.64. The number of ether oxygens (including phenoxy) is 2. The minimum atomic E-state index is -0.571. The molecule has 1 amide bonds. The first kappa shape index (κ1) is 14.9. The van der Waals surface area contributed by atoms with Crippen molar-refractivity contribution < 1.29 is 18.7 Å². The Labute approximate surface area is 117 Å². The van der Waals surface area contributed by atoms with Crippen LogP contribution < -0.4 is 11.1 Å². The van der Waals surface area contributed by atoms with E-state index in [1.165, 1.54) is 24.3 Å². The van der Waals surface area contributed by atoms with E-state index >= 15 is 0 Å². The Morgan fingerprint density at radius 3 is 2.80 bits per heavy atom. The minimum absolute atomic E-state index is 0.0993. The molecule has 0 spiro atoms. The van der Waals surface area contributed by atoms with Gasteiger partial charge in [-0.1, -0.05) is 0 Å². The lowest BCUT2D eigenvalue weighted by molar-refractivity contribution is -0.143. The van der Waals surface area contributed by atoms with Gasteiger partial charge in [0, 0.05) is 18.8 Å². The number of rotatable bonds is 5. The summed E-state index contributed by atoms with van der Waals surface area (Å²) in [5.41, 5.74) is 5.67. The van der Waals surface area contributed by atoms with E-state index in [-0.39, 0.29) is 18.3 Å². The summed E-state index contributed by atoms with van der Waals surface area (Å²) in [6.07, 6.45) is 1.66. The largest absolute Gasteiger partial charge is 0.378 e. The van der Waals surface area contributed by atoms with Crippen LogP contribution in [0.1, 0.15) is 12.8 Å². The molecule has 1 heterocycles. The third-order valence-corrected chi connectivity index (χ3v) is 3.30. The van der Waals surface area contributed by atoms with Crippen molar-refractivity contribution in [2.24, 2.45) is 5.73 Å². The van der Waals surface area contributed by atoms with Crippen molar-refractivity contribution in [3.63, 3.8) is 0 Å². The molecule has 2 rings (SSSR count). The van der Waals surface area contributed by atoms with Gasteiger partial charge in [0.15, 0.2) is 0 Å². The second-order valence-electron chi connectivity index (χ2n) is 4.89. The maximum absolute atomic E-state index is 12.7. The molecule has 0 saturated carbocycles. The molecular formula is C14H19FN2O3. The maximum atomic E-state index is 12.7. The van der Waals surface area contributed by atoms with Gasteiger partial charge in [-0.25, -0.2) is 4.39 Å². The predicted octanol–water partition coefficient (Wildman–Crippen LogP) is 1.29. The Hall–Kier alpha value is -1.50. The van der Waals surface area contributed by atoms with Crippen LogP contribution in [-0.2, 0) is 14.3 Å². The molecule has 6 heteroatoms. The van der Waals surface area contributed by atoms with Crippen LogP contribution >= 0.6 is 0 Å². The second-order valence-corrected chi connectivity index (χ2v) is 4.89. The molecule has 1 fully saturated rings. The van der Waals surface area contributed by atoms with Gasteiger partial charge in [0.25, 0.3) is 0 Å². The van der Waals surface area contributed by atoms with Gasteiger partial charge in [-0.3, -0.25) is 4.79 Å². The predicted molar refractivity (Wildman–Crippen MR) is 72.8 cm³/mol. The van der Waals surface area contributed by atoms with Crippen LogP contribution in [0.5, 0.6) is 0 Å². The Balaban J connectivity index is 1.83. The monoisotopic (exact) mass is 282 g/mol. The van der Waals surface area contributed by atoms with Crippen LogP contribution in [-0.4, -0.2) is 37.9 Å². The number of nitrogens with one attached hydrogen (secondary N) is 1. The van der Waals surface area contributed by atoms with Crippen LogP contribution in [0, 0.1) is 5.82 Å². The number of nitrogens with two attached hydrogens (primary N) is 1. The summed E-state index contributed by atoms with van der Waals surface area (Å²) in [5.74, 6) is -0.643. The van der Waals surface area contributed by atoms with Crippen LogP contribution in [0.2, 0.25) is 0 Å². The van der Waals surface area contributed by atoms with Gasteiger partial charge in [-0.05, 0) is 37.1 Å². The molecule has 1 aromatic carbocycles. The van der Waals surface area contributed by atoms with E-state index in [1.807, 2.05) is 0 Å². The number of anilines is 1. The van der Waals surface area contributed by atoms with E-state index in [1.54, 1.807) is 0 Å². The molecule has 1 saturated heterocycles. The average molecular weight is 282 g/mol. The standard InChI is InChI=1S/C14H19FN2O3/c15-11-2-4-12(5-3-11)17-13(18)8-20-14(9-16)6-1-7-19-10-14/h2-5H,1,6-10,16H2,(H,17,18). The number of carbonyl (C=O) groups excluding carboxylic acids is 1. The van der Waals surface area contributed by atoms with Gasteiger partial charge in [0.05, 0.1) is 6.61 Å². The molecule has 1 atom stereocenters. The number of carbonyl (C=O) groups is 1. The molecule has 110 valence electrons. The molecule has 0 radical (unpaired) electrons. The molecule has 0 aromatic heterocycles. The van der Waals surface area contributed by atoms with Gasteiger partial charge >= 0.3 is 0 Å². The highest BCUT2D eigenvalue weighted by molar-refractivity contribution is 5.91. The number of hydrogen-bond acceptors (Lipinski definition) is 4. The van der Waals surface area contributed by atoms with Gasteiger partial charge < -0.3 is 20.5 Å². The van der Waals surface area contributed by atoms with E-state index < -0.39 is 5.60 Å². The Morgan fingerprint density at radius 1 is 1.45 bits per heavy atom. The highest BCUT2D eigenvalue weighted by Gasteiger charge is 2.33. The molecular weight excluding hydrogens is 263 g/mol. The van der Waals surface area contributed by atoms with Gasteiger partial charge in [-0.2, -0.15) is 0 Å². The first-order valence-electron chi connectivity index (χ1n) is 6.61. The molecule has 1 aromatic rings. The molecule has 1 aliphatic rings. The number of halogens is 1. The SMILES string of the molecule is NCC1(OCC(=O)Nc2ccc(F)cc2)CCCOC1. The number of hydrogen-bond donors (Lipinski definition) is 2. The lowest BCUT2D eigenvalue weighted by Gasteiger charge is -2.35. The summed E-state index contributed by atoms with van der Waals surface area (Å²) < 4.78 is 23.7. The fraction of sp³-hybridized carbons (Fsp3) is 0.500. The molecule has 1 unspecified atom stereocenters. The Kier molecular flexibility index (Phi) is 5.05. The Bertz CT molecular complexity index is 444. The van der Waals surface area contributed by atoms with E-state index in [0.29, 0.717) is 25.4 Å². The molecule has 20 heavy (non-hydrogen) atoms. The van der Waals surface area contributed by atoms with Crippen LogP contribution in [0.4, 0.5) is 10.1 Å². The average Bonchev–Trinajstić information content (AvgIpc) is 2.49. The minimum Gasteiger partial charge on any atom is -0.378 e. The summed E-state index contributed by atoms with van der Waals surface area (Å²) in [6.45, 7) is 1.33. The molecule has 3 N–H and O–H groups in total. The van der Waals surface area contributed by atoms with Crippen LogP contribution in [0.15, 0.2) is 24.3 Å². The first-order valence-corrected chi connectivity index (χ1v) is 6.61. The fourth-order valence-corrected chi connectivity index (χ4v) is 2.11. The quantitative estimate of drug-likeness (QED) is 0.853. The van der Waals surface area contributed by atoms with Gasteiger partial charge in [0.2, 0.25) is 5.91 Å². The number of benzene rings is 1. The van der Waals surface area contributed by atoms with Gasteiger partial charge in [-0.15, -0.1) is 0 Å². The maximum Gasteiger partial charge on any atom is 0.250 e. The van der Waals surface area contributed by atoms with Crippen molar-refractivity contribution in [1.29, 1.82) is 0 Å². The zero-order valence-corrected chi connectivity index (χ0v) is 11.2. The molecule has 0 bridgehead atoms. The van der Waals surface area contributed by atoms with E-state index in [4.69, 9.17) is 15.2 Å². The fourth-order valence-electron chi connectivity index (χ4n) is 2.11. The normalized spacial score (nSPS) is 22.5. The summed E-state index contributed by atoms with van der Waals surface area (Å²) in [6, 6.07) is 5.56. The lowest BCUT2D eigenvalue weighted by Crippen LogP contribution is -2.49. The van der Waals surface area contributed by atoms with E-state index in [0.717, 1.165) is 12.8 Å². The molecule has 5 nitrogen and oxygen atoms in total. The lowest BCUT2D eigenvalue weighted by atomic mass is 9.96. The topological polar surface area (TPSA) is 73.6 Å². The Morgan fingerprint density at radius 2 is 2.20 bits per heavy atom. The van der Waals surface area contributed by atoms with E-state index in [2.05, 4.69) is 5.32 Å². The zero-order valence-electron chi connectivity index (χ0n) is 11.2. The van der Waals surface area contributed by atoms with Crippen molar-refractivity contribution in [2.75, 3.05) is 31.7 Å². The third kappa shape index (κ3) is 4.00. The zero-order chi connectivity index (χ0) is 14.4. The second kappa shape index (κ2) is 6.78. The van der Waals surface area contributed by atoms with Crippen molar-refractivity contribution in [1.82, 2.24) is 0 Å². The van der Waals surface area contributed by atoms with Gasteiger partial charge in [0.1, 0.15) is 18.0 Å². The van der Waals surface area contributed by atoms with Crippen molar-refractivity contribution in [2.45, 2.75) is 18.4 Å². The summed E-state index contributed by atoms with van der Waals surface area (Å²) in [4.78, 5) is 11.8. The van der Waals surface area contributed by atoms with Crippen molar-refractivity contribution in [3.8, 4) is 0 Å². The molecule has 1 aliphatic heterocycles. The number of amides is 1. The summed E-state index contributed by atoms with van der Waals surface area (Å²) in [7, 11) is 0.